The molecular weight excluding hydrogens is 280 g/mol. The fourth-order valence-electron chi connectivity index (χ4n) is 3.08. The lowest BCUT2D eigenvalue weighted by Crippen LogP contribution is -2.35. The van der Waals surface area contributed by atoms with Gasteiger partial charge in [-0.2, -0.15) is 0 Å². The molecule has 23 heavy (non-hydrogen) atoms. The highest BCUT2D eigenvalue weighted by atomic mass is 16.5. The van der Waals surface area contributed by atoms with Crippen molar-refractivity contribution >= 4 is 0 Å². The first-order valence-electron chi connectivity index (χ1n) is 8.08. The van der Waals surface area contributed by atoms with Crippen LogP contribution in [0.4, 0.5) is 0 Å². The molecule has 0 N–H and O–H groups in total. The molecule has 0 atom stereocenters. The van der Waals surface area contributed by atoms with E-state index in [1.165, 1.54) is 0 Å². The minimum atomic E-state index is -0.599. The van der Waals surface area contributed by atoms with Gasteiger partial charge in [0.2, 0.25) is 0 Å². The third kappa shape index (κ3) is 3.06. The molecule has 0 aliphatic carbocycles. The molecule has 0 saturated carbocycles. The van der Waals surface area contributed by atoms with Crippen molar-refractivity contribution in [2.24, 2.45) is 0 Å². The molecule has 0 spiro atoms. The topological polar surface area (TPSA) is 9.23 Å². The molecular formula is C22H22O. The molecule has 3 aromatic carbocycles. The molecule has 116 valence electrons. The average Bonchev–Trinajstić information content (AvgIpc) is 2.62. The summed E-state index contributed by atoms with van der Waals surface area (Å²) < 4.78 is 6.60. The predicted octanol–water partition coefficient (Wildman–Crippen LogP) is 5.40. The molecule has 0 unspecified atom stereocenters. The summed E-state index contributed by atoms with van der Waals surface area (Å²) in [5.41, 5.74) is 2.83. The highest BCUT2D eigenvalue weighted by Gasteiger charge is 2.38. The quantitative estimate of drug-likeness (QED) is 0.573. The monoisotopic (exact) mass is 302 g/mol. The lowest BCUT2D eigenvalue weighted by Gasteiger charge is -2.37. The van der Waals surface area contributed by atoms with Crippen LogP contribution in [0, 0.1) is 0 Å². The molecule has 0 saturated heterocycles. The number of hydrogen-bond donors (Lipinski definition) is 0. The smallest absolute Gasteiger partial charge is 0.144 e. The maximum atomic E-state index is 6.60. The van der Waals surface area contributed by atoms with Crippen molar-refractivity contribution in [3.8, 4) is 0 Å². The van der Waals surface area contributed by atoms with Gasteiger partial charge in [0, 0.05) is 0 Å². The van der Waals surface area contributed by atoms with E-state index in [0.717, 1.165) is 16.7 Å². The zero-order valence-corrected chi connectivity index (χ0v) is 13.6. The number of ether oxygens (including phenoxy) is 1. The average molecular weight is 302 g/mol. The van der Waals surface area contributed by atoms with Crippen LogP contribution in [-0.4, -0.2) is 6.10 Å². The largest absolute Gasteiger partial charge is 0.358 e. The first-order chi connectivity index (χ1) is 11.2. The van der Waals surface area contributed by atoms with Crippen LogP contribution in [0.3, 0.4) is 0 Å². The first-order valence-corrected chi connectivity index (χ1v) is 8.08. The SMILES string of the molecule is CC(C)OC(c1ccccc1)(c1ccccc1)c1ccccc1. The third-order valence-corrected chi connectivity index (χ3v) is 3.95. The standard InChI is InChI=1S/C22H22O/c1-18(2)23-22(19-12-6-3-7-13-19,20-14-8-4-9-15-20)21-16-10-5-11-17-21/h3-18H,1-2H3. The fraction of sp³-hybridized carbons (Fsp3) is 0.182. The summed E-state index contributed by atoms with van der Waals surface area (Å²) in [5.74, 6) is 0. The van der Waals surface area contributed by atoms with Crippen molar-refractivity contribution in [1.29, 1.82) is 0 Å². The fourth-order valence-corrected chi connectivity index (χ4v) is 3.08. The van der Waals surface area contributed by atoms with Crippen LogP contribution in [0.15, 0.2) is 91.0 Å². The van der Waals surface area contributed by atoms with Gasteiger partial charge in [-0.05, 0) is 30.5 Å². The molecule has 1 nitrogen and oxygen atoms in total. The molecule has 0 radical (unpaired) electrons. The van der Waals surface area contributed by atoms with Crippen molar-refractivity contribution in [1.82, 2.24) is 0 Å². The van der Waals surface area contributed by atoms with Crippen molar-refractivity contribution in [2.45, 2.75) is 25.6 Å². The number of hydrogen-bond acceptors (Lipinski definition) is 1. The van der Waals surface area contributed by atoms with Gasteiger partial charge >= 0.3 is 0 Å². The van der Waals surface area contributed by atoms with Crippen LogP contribution >= 0.6 is 0 Å². The van der Waals surface area contributed by atoms with E-state index in [-0.39, 0.29) is 6.10 Å². The van der Waals surface area contributed by atoms with Gasteiger partial charge in [-0.25, -0.2) is 0 Å². The molecule has 0 aromatic heterocycles. The summed E-state index contributed by atoms with van der Waals surface area (Å²) in [4.78, 5) is 0. The van der Waals surface area contributed by atoms with Gasteiger partial charge in [-0.1, -0.05) is 91.0 Å². The molecule has 0 heterocycles. The predicted molar refractivity (Wildman–Crippen MR) is 95.4 cm³/mol. The minimum Gasteiger partial charge on any atom is -0.358 e. The normalized spacial score (nSPS) is 11.6. The highest BCUT2D eigenvalue weighted by molar-refractivity contribution is 5.47. The van der Waals surface area contributed by atoms with Crippen LogP contribution in [0.25, 0.3) is 0 Å². The van der Waals surface area contributed by atoms with E-state index in [2.05, 4.69) is 86.6 Å². The molecule has 0 fully saturated rings. The summed E-state index contributed by atoms with van der Waals surface area (Å²) in [6.07, 6.45) is 0.0932. The van der Waals surface area contributed by atoms with E-state index < -0.39 is 5.60 Å². The second-order valence-corrected chi connectivity index (χ2v) is 5.95. The zero-order chi connectivity index (χ0) is 16.1. The Morgan fingerprint density at radius 3 is 1.13 bits per heavy atom. The maximum Gasteiger partial charge on any atom is 0.144 e. The summed E-state index contributed by atoms with van der Waals surface area (Å²) in [6.45, 7) is 4.17. The van der Waals surface area contributed by atoms with Crippen molar-refractivity contribution in [2.75, 3.05) is 0 Å². The van der Waals surface area contributed by atoms with Crippen LogP contribution in [0.1, 0.15) is 30.5 Å². The summed E-state index contributed by atoms with van der Waals surface area (Å²) in [5, 5.41) is 0. The summed E-state index contributed by atoms with van der Waals surface area (Å²) in [6, 6.07) is 31.4. The van der Waals surface area contributed by atoms with Gasteiger partial charge in [-0.3, -0.25) is 0 Å². The van der Waals surface area contributed by atoms with Gasteiger partial charge in [-0.15, -0.1) is 0 Å². The van der Waals surface area contributed by atoms with E-state index in [9.17, 15) is 0 Å². The Labute approximate surface area is 138 Å². The Hall–Kier alpha value is -2.38. The summed E-state index contributed by atoms with van der Waals surface area (Å²) >= 11 is 0. The summed E-state index contributed by atoms with van der Waals surface area (Å²) in [7, 11) is 0. The second kappa shape index (κ2) is 6.80. The second-order valence-electron chi connectivity index (χ2n) is 5.95. The Balaban J connectivity index is 2.30. The van der Waals surface area contributed by atoms with Gasteiger partial charge in [0.25, 0.3) is 0 Å². The van der Waals surface area contributed by atoms with E-state index in [0.29, 0.717) is 0 Å². The number of benzene rings is 3. The zero-order valence-electron chi connectivity index (χ0n) is 13.6. The van der Waals surface area contributed by atoms with Crippen LogP contribution in [0.2, 0.25) is 0 Å². The van der Waals surface area contributed by atoms with Gasteiger partial charge in [0.05, 0.1) is 6.10 Å². The molecule has 0 bridgehead atoms. The molecule has 0 aliphatic heterocycles. The molecule has 0 amide bonds. The van der Waals surface area contributed by atoms with Gasteiger partial charge in [0.15, 0.2) is 0 Å². The van der Waals surface area contributed by atoms with Gasteiger partial charge < -0.3 is 4.74 Å². The molecule has 0 aliphatic rings. The number of rotatable bonds is 5. The minimum absolute atomic E-state index is 0.0932. The third-order valence-electron chi connectivity index (χ3n) is 3.95. The lowest BCUT2D eigenvalue weighted by atomic mass is 9.80. The van der Waals surface area contributed by atoms with Crippen molar-refractivity contribution in [3.05, 3.63) is 108 Å². The molecule has 3 aromatic rings. The van der Waals surface area contributed by atoms with Gasteiger partial charge in [0.1, 0.15) is 5.60 Å². The Morgan fingerprint density at radius 2 is 0.870 bits per heavy atom. The Bertz CT molecular complexity index is 621. The van der Waals surface area contributed by atoms with Crippen LogP contribution in [0.5, 0.6) is 0 Å². The van der Waals surface area contributed by atoms with E-state index >= 15 is 0 Å². The Morgan fingerprint density at radius 1 is 0.565 bits per heavy atom. The first kappa shape index (κ1) is 15.5. The molecule has 3 rings (SSSR count). The Kier molecular flexibility index (Phi) is 4.59. The molecule has 1 heteroatoms. The van der Waals surface area contributed by atoms with Crippen LogP contribution < -0.4 is 0 Å². The lowest BCUT2D eigenvalue weighted by molar-refractivity contribution is -0.0293. The van der Waals surface area contributed by atoms with Crippen molar-refractivity contribution < 1.29 is 4.74 Å². The van der Waals surface area contributed by atoms with Crippen LogP contribution in [-0.2, 0) is 10.3 Å². The maximum absolute atomic E-state index is 6.60. The van der Waals surface area contributed by atoms with E-state index in [1.54, 1.807) is 0 Å². The van der Waals surface area contributed by atoms with Crippen molar-refractivity contribution in [3.63, 3.8) is 0 Å². The highest BCUT2D eigenvalue weighted by Crippen LogP contribution is 2.41. The van der Waals surface area contributed by atoms with E-state index in [1.807, 2.05) is 18.2 Å². The van der Waals surface area contributed by atoms with E-state index in [4.69, 9.17) is 4.74 Å².